The lowest BCUT2D eigenvalue weighted by molar-refractivity contribution is -0.138. The Bertz CT molecular complexity index is 992. The zero-order chi connectivity index (χ0) is 18.4. The third kappa shape index (κ3) is 2.73. The van der Waals surface area contributed by atoms with Crippen molar-refractivity contribution in [2.75, 3.05) is 5.73 Å². The predicted octanol–water partition coefficient (Wildman–Crippen LogP) is 3.23. The summed E-state index contributed by atoms with van der Waals surface area (Å²) in [6.45, 7) is 2.05. The van der Waals surface area contributed by atoms with Gasteiger partial charge in [0.2, 0.25) is 0 Å². The maximum absolute atomic E-state index is 11.1. The van der Waals surface area contributed by atoms with E-state index in [0.717, 1.165) is 39.9 Å². The number of carboxylic acid groups (broad SMARTS) is 1. The summed E-state index contributed by atoms with van der Waals surface area (Å²) in [7, 11) is 1.80. The summed E-state index contributed by atoms with van der Waals surface area (Å²) in [6, 6.07) is 10.1. The first kappa shape index (κ1) is 16.3. The molecule has 3 aromatic rings. The lowest BCUT2D eigenvalue weighted by Gasteiger charge is -2.09. The van der Waals surface area contributed by atoms with Gasteiger partial charge in [-0.05, 0) is 42.0 Å². The molecule has 2 atom stereocenters. The lowest BCUT2D eigenvalue weighted by Crippen LogP contribution is -1.99. The van der Waals surface area contributed by atoms with Crippen LogP contribution in [0.3, 0.4) is 0 Å². The molecule has 6 heteroatoms. The number of nitrogens with zero attached hydrogens (tertiary/aromatic N) is 3. The van der Waals surface area contributed by atoms with E-state index in [2.05, 4.69) is 22.2 Å². The summed E-state index contributed by atoms with van der Waals surface area (Å²) >= 11 is 0. The van der Waals surface area contributed by atoms with Gasteiger partial charge in [0.15, 0.2) is 0 Å². The van der Waals surface area contributed by atoms with Crippen LogP contribution in [-0.4, -0.2) is 25.8 Å². The number of anilines is 1. The van der Waals surface area contributed by atoms with E-state index in [1.54, 1.807) is 17.9 Å². The number of carbonyl (C=O) groups is 1. The zero-order valence-electron chi connectivity index (χ0n) is 14.7. The van der Waals surface area contributed by atoms with Gasteiger partial charge in [0.25, 0.3) is 0 Å². The minimum atomic E-state index is -0.703. The van der Waals surface area contributed by atoms with Gasteiger partial charge in [-0.1, -0.05) is 24.3 Å². The lowest BCUT2D eigenvalue weighted by atomic mass is 9.97. The quantitative estimate of drug-likeness (QED) is 0.755. The van der Waals surface area contributed by atoms with Gasteiger partial charge in [-0.15, -0.1) is 0 Å². The van der Waals surface area contributed by atoms with Gasteiger partial charge in [0.05, 0.1) is 23.4 Å². The second-order valence-corrected chi connectivity index (χ2v) is 6.86. The van der Waals surface area contributed by atoms with Crippen molar-refractivity contribution in [2.24, 2.45) is 13.0 Å². The van der Waals surface area contributed by atoms with Crippen LogP contribution < -0.4 is 5.73 Å². The Kier molecular flexibility index (Phi) is 3.76. The highest BCUT2D eigenvalue weighted by Gasteiger charge is 2.44. The van der Waals surface area contributed by atoms with Gasteiger partial charge in [-0.2, -0.15) is 5.10 Å². The monoisotopic (exact) mass is 348 g/mol. The molecule has 26 heavy (non-hydrogen) atoms. The number of aromatic nitrogens is 3. The van der Waals surface area contributed by atoms with E-state index in [1.807, 2.05) is 31.3 Å². The number of pyridine rings is 1. The molecule has 2 heterocycles. The number of aryl methyl sites for hydroxylation is 2. The topological polar surface area (TPSA) is 94.0 Å². The van der Waals surface area contributed by atoms with Crippen molar-refractivity contribution in [2.45, 2.75) is 19.3 Å². The normalized spacial score (nSPS) is 18.7. The SMILES string of the molecule is Cc1cc(C2CC2C(=O)O)ccc1-c1ccc(-c2cnn(C)c2N)nc1. The minimum absolute atomic E-state index is 0.148. The molecule has 1 aliphatic carbocycles. The van der Waals surface area contributed by atoms with Crippen LogP contribution in [0.4, 0.5) is 5.82 Å². The minimum Gasteiger partial charge on any atom is -0.481 e. The summed E-state index contributed by atoms with van der Waals surface area (Å²) in [4.78, 5) is 15.6. The van der Waals surface area contributed by atoms with Crippen LogP contribution in [0, 0.1) is 12.8 Å². The molecule has 0 saturated heterocycles. The van der Waals surface area contributed by atoms with Crippen molar-refractivity contribution in [3.63, 3.8) is 0 Å². The summed E-state index contributed by atoms with van der Waals surface area (Å²) < 4.78 is 1.62. The molecule has 0 aliphatic heterocycles. The molecule has 0 radical (unpaired) electrons. The number of hydrogen-bond acceptors (Lipinski definition) is 4. The molecule has 1 fully saturated rings. The van der Waals surface area contributed by atoms with Crippen molar-refractivity contribution in [3.8, 4) is 22.4 Å². The average Bonchev–Trinajstić information content (AvgIpc) is 3.37. The number of nitrogen functional groups attached to an aromatic ring is 1. The first-order chi connectivity index (χ1) is 12.5. The number of aliphatic carboxylic acids is 1. The molecule has 4 rings (SSSR count). The van der Waals surface area contributed by atoms with Crippen molar-refractivity contribution >= 4 is 11.8 Å². The van der Waals surface area contributed by atoms with E-state index in [1.165, 1.54) is 0 Å². The van der Waals surface area contributed by atoms with Crippen molar-refractivity contribution in [1.29, 1.82) is 0 Å². The molecule has 132 valence electrons. The van der Waals surface area contributed by atoms with Crippen LogP contribution in [0.1, 0.15) is 23.5 Å². The van der Waals surface area contributed by atoms with Crippen LogP contribution in [0.15, 0.2) is 42.7 Å². The van der Waals surface area contributed by atoms with E-state index < -0.39 is 5.97 Å². The molecule has 1 saturated carbocycles. The van der Waals surface area contributed by atoms with Gasteiger partial charge >= 0.3 is 5.97 Å². The Hall–Kier alpha value is -3.15. The van der Waals surface area contributed by atoms with Crippen LogP contribution >= 0.6 is 0 Å². The first-order valence-corrected chi connectivity index (χ1v) is 8.53. The molecule has 1 aliphatic rings. The van der Waals surface area contributed by atoms with E-state index in [9.17, 15) is 4.79 Å². The Labute approximate surface area is 151 Å². The van der Waals surface area contributed by atoms with E-state index in [0.29, 0.717) is 5.82 Å². The fourth-order valence-electron chi connectivity index (χ4n) is 3.43. The zero-order valence-corrected chi connectivity index (χ0v) is 14.7. The Morgan fingerprint density at radius 2 is 2.04 bits per heavy atom. The molecule has 3 N–H and O–H groups in total. The van der Waals surface area contributed by atoms with Crippen molar-refractivity contribution in [1.82, 2.24) is 14.8 Å². The average molecular weight is 348 g/mol. The Morgan fingerprint density at radius 3 is 2.58 bits per heavy atom. The van der Waals surface area contributed by atoms with Gasteiger partial charge in [0.1, 0.15) is 5.82 Å². The number of rotatable bonds is 4. The standard InChI is InChI=1S/C20H20N4O2/c1-11-7-12(15-8-16(15)20(25)26)3-5-14(11)13-4-6-18(22-9-13)17-10-23-24(2)19(17)21/h3-7,9-10,15-16H,8,21H2,1-2H3,(H,25,26). The third-order valence-corrected chi connectivity index (χ3v) is 5.12. The number of benzene rings is 1. The summed E-state index contributed by atoms with van der Waals surface area (Å²) in [5.41, 5.74) is 12.0. The highest BCUT2D eigenvalue weighted by Crippen LogP contribution is 2.48. The molecular formula is C20H20N4O2. The molecule has 6 nitrogen and oxygen atoms in total. The maximum atomic E-state index is 11.1. The molecular weight excluding hydrogens is 328 g/mol. The summed E-state index contributed by atoms with van der Waals surface area (Å²) in [5, 5.41) is 13.3. The smallest absolute Gasteiger partial charge is 0.307 e. The molecule has 2 aromatic heterocycles. The van der Waals surface area contributed by atoms with Gasteiger partial charge in [-0.25, -0.2) is 0 Å². The summed E-state index contributed by atoms with van der Waals surface area (Å²) in [6.07, 6.45) is 4.28. The maximum Gasteiger partial charge on any atom is 0.307 e. The number of hydrogen-bond donors (Lipinski definition) is 2. The van der Waals surface area contributed by atoms with Crippen molar-refractivity contribution in [3.05, 3.63) is 53.9 Å². The molecule has 0 amide bonds. The van der Waals surface area contributed by atoms with Gasteiger partial charge in [-0.3, -0.25) is 14.5 Å². The van der Waals surface area contributed by atoms with Crippen LogP contribution in [0.2, 0.25) is 0 Å². The molecule has 0 spiro atoms. The van der Waals surface area contributed by atoms with Crippen LogP contribution in [0.25, 0.3) is 22.4 Å². The number of nitrogens with two attached hydrogens (primary N) is 1. The number of carboxylic acids is 1. The Morgan fingerprint density at radius 1 is 1.23 bits per heavy atom. The van der Waals surface area contributed by atoms with E-state index >= 15 is 0 Å². The van der Waals surface area contributed by atoms with Crippen LogP contribution in [-0.2, 0) is 11.8 Å². The van der Waals surface area contributed by atoms with Crippen molar-refractivity contribution < 1.29 is 9.90 Å². The molecule has 2 unspecified atom stereocenters. The highest BCUT2D eigenvalue weighted by molar-refractivity contribution is 5.76. The fraction of sp³-hybridized carbons (Fsp3) is 0.250. The van der Waals surface area contributed by atoms with Gasteiger partial charge in [0, 0.05) is 18.8 Å². The van der Waals surface area contributed by atoms with Gasteiger partial charge < -0.3 is 10.8 Å². The third-order valence-electron chi connectivity index (χ3n) is 5.12. The predicted molar refractivity (Wildman–Crippen MR) is 99.5 cm³/mol. The fourth-order valence-corrected chi connectivity index (χ4v) is 3.43. The second kappa shape index (κ2) is 5.98. The molecule has 1 aromatic carbocycles. The summed E-state index contributed by atoms with van der Waals surface area (Å²) in [5.74, 6) is -0.199. The largest absolute Gasteiger partial charge is 0.481 e. The second-order valence-electron chi connectivity index (χ2n) is 6.86. The highest BCUT2D eigenvalue weighted by atomic mass is 16.4. The Balaban J connectivity index is 1.60. The molecule has 0 bridgehead atoms. The van der Waals surface area contributed by atoms with E-state index in [-0.39, 0.29) is 11.8 Å². The first-order valence-electron chi connectivity index (χ1n) is 8.53. The van der Waals surface area contributed by atoms with Crippen LogP contribution in [0.5, 0.6) is 0 Å². The van der Waals surface area contributed by atoms with E-state index in [4.69, 9.17) is 10.8 Å².